The van der Waals surface area contributed by atoms with E-state index in [1.54, 1.807) is 64.2 Å². The molecule has 12 N–H and O–H groups in total. The normalized spacial score (nSPS) is 15.8. The van der Waals surface area contributed by atoms with Crippen LogP contribution < -0.4 is 48.3 Å². The molecule has 0 radical (unpaired) electrons. The number of carbonyl (C=O) groups excluding carboxylic acids is 11. The topological polar surface area (TPSA) is 498 Å². The van der Waals surface area contributed by atoms with Crippen molar-refractivity contribution in [3.63, 3.8) is 0 Å². The lowest BCUT2D eigenvalue weighted by Crippen LogP contribution is -2.57. The third kappa shape index (κ3) is 32.6. The summed E-state index contributed by atoms with van der Waals surface area (Å²) in [5.41, 5.74) is 26.6. The molecular weight excluding hydrogens is 1530 g/mol. The molecule has 4 aromatic rings. The summed E-state index contributed by atoms with van der Waals surface area (Å²) >= 11 is 0. The monoisotopic (exact) mass is 1630 g/mol. The van der Waals surface area contributed by atoms with Crippen LogP contribution in [-0.4, -0.2) is 225 Å². The largest absolute Gasteiger partial charge is 0.481 e. The highest BCUT2D eigenvalue weighted by molar-refractivity contribution is 8.77. The summed E-state index contributed by atoms with van der Waals surface area (Å²) in [7, 11) is 9.69. The van der Waals surface area contributed by atoms with Gasteiger partial charge in [0.2, 0.25) is 41.4 Å². The van der Waals surface area contributed by atoms with Gasteiger partial charge in [-0.2, -0.15) is 0 Å². The van der Waals surface area contributed by atoms with Crippen LogP contribution in [0.1, 0.15) is 129 Å². The van der Waals surface area contributed by atoms with Crippen molar-refractivity contribution in [1.82, 2.24) is 62.2 Å². The molecule has 2 aliphatic rings. The maximum absolute atomic E-state index is 14.5. The van der Waals surface area contributed by atoms with Gasteiger partial charge in [-0.3, -0.25) is 52.8 Å². The molecule has 610 valence electrons. The van der Waals surface area contributed by atoms with Gasteiger partial charge in [0.1, 0.15) is 55.5 Å². The number of unbranched alkanes of at least 4 members (excludes halogenated alkanes) is 2. The Kier molecular flexibility index (Phi) is 37.8. The van der Waals surface area contributed by atoms with Gasteiger partial charge in [-0.15, -0.1) is 0 Å². The van der Waals surface area contributed by atoms with Gasteiger partial charge in [-0.1, -0.05) is 141 Å². The van der Waals surface area contributed by atoms with Gasteiger partial charge >= 0.3 is 24.1 Å². The number of benzene rings is 3. The van der Waals surface area contributed by atoms with Gasteiger partial charge in [0.15, 0.2) is 6.61 Å². The number of rotatable bonds is 46. The third-order valence-corrected chi connectivity index (χ3v) is 24.3. The van der Waals surface area contributed by atoms with E-state index < -0.39 is 138 Å². The second kappa shape index (κ2) is 46.4. The Hall–Kier alpha value is -9.62. The second-order valence-corrected chi connectivity index (χ2v) is 35.1. The third-order valence-electron chi connectivity index (χ3n) is 17.5. The number of primary amides is 1. The van der Waals surface area contributed by atoms with Crippen LogP contribution in [0.25, 0.3) is 31.8 Å². The minimum absolute atomic E-state index is 0.0133. The van der Waals surface area contributed by atoms with Gasteiger partial charge in [-0.05, 0) is 146 Å². The van der Waals surface area contributed by atoms with Gasteiger partial charge in [0.05, 0.1) is 13.0 Å². The quantitative estimate of drug-likeness (QED) is 0.00386. The highest BCUT2D eigenvalue weighted by Gasteiger charge is 2.40. The number of azide groups is 2. The average Bonchev–Trinajstić information content (AvgIpc) is 1.69. The summed E-state index contributed by atoms with van der Waals surface area (Å²) in [6.07, 6.45) is 2.51. The number of nitrogens with one attached hydrogen (secondary N) is 9. The fraction of sp³-hybridized carbons (Fsp3) is 0.562. The Labute approximate surface area is 665 Å². The maximum atomic E-state index is 14.5. The first kappa shape index (κ1) is 91.3. The minimum Gasteiger partial charge on any atom is -0.481 e. The molecule has 2 aliphatic heterocycles. The number of amides is 10. The molecule has 8 atom stereocenters. The zero-order valence-electron chi connectivity index (χ0n) is 64.2. The lowest BCUT2D eigenvalue weighted by molar-refractivity contribution is -0.153. The first-order valence-electron chi connectivity index (χ1n) is 36.7. The predicted octanol–water partition coefficient (Wildman–Crippen LogP) is 7.58. The minimum atomic E-state index is -1.67. The van der Waals surface area contributed by atoms with E-state index in [0.717, 1.165) is 21.4 Å². The Morgan fingerprint density at radius 3 is 1.85 bits per heavy atom. The fourth-order valence-corrected chi connectivity index (χ4v) is 17.3. The molecule has 112 heavy (non-hydrogen) atoms. The molecule has 0 bridgehead atoms. The Bertz CT molecular complexity index is 3970. The lowest BCUT2D eigenvalue weighted by Gasteiger charge is -2.32. The van der Waals surface area contributed by atoms with Crippen molar-refractivity contribution in [3.05, 3.63) is 117 Å². The number of ether oxygens (including phenoxy) is 3. The molecule has 2 fully saturated rings. The van der Waals surface area contributed by atoms with Crippen molar-refractivity contribution in [1.29, 1.82) is 0 Å². The van der Waals surface area contributed by atoms with E-state index in [9.17, 15) is 62.6 Å². The standard InChI is InChI=1S/C73H103N19O16S4/c1-45(42-109-111-72(2,3)4)80-67(101)55(35-48-37-78-52-18-10-9-17-51(48)52)83-65(99)53(20-12-14-32-90(7)8)81-60(93)38-79-64(98)57(85-71(105)108-40-47-25-29-50(30-26-47)87-89-76)43-110-112-73(5,6)44-91-33-15-22-59(91)69(103)106-41-61(94)82-54(19-11-13-31-77-70(104)107-39-46-23-27-49(28-24-46)86-88-75)66(100)84-56(36-62(95)96)68(102)92-34-16-21-58(92)63(74)97/h9-10,17-18,23-30,37,45,53-59,78H,11-16,19-22,31-36,38-44H2,1-8H3,(H2,74,97)(H,77,104)(H,79,98)(H,80,101)(H,81,93)(H,82,94)(H,83,99)(H,84,100)(H,85,105)(H,95,96)/t45-,53-,54+,55-,56+,57+,58+,59+/m1/s1. The van der Waals surface area contributed by atoms with Crippen LogP contribution >= 0.6 is 43.2 Å². The molecule has 0 unspecified atom stereocenters. The van der Waals surface area contributed by atoms with Gasteiger partial charge in [-0.25, -0.2) is 9.59 Å². The molecule has 0 aliphatic carbocycles. The number of carbonyl (C=O) groups is 12. The average molecular weight is 1630 g/mol. The summed E-state index contributed by atoms with van der Waals surface area (Å²) in [4.78, 5) is 177. The highest BCUT2D eigenvalue weighted by atomic mass is 33.1. The Morgan fingerprint density at radius 2 is 1.23 bits per heavy atom. The number of fused-ring (bicyclic) bond motifs is 1. The molecule has 39 heteroatoms. The summed E-state index contributed by atoms with van der Waals surface area (Å²) in [5, 5.41) is 39.3. The van der Waals surface area contributed by atoms with E-state index in [2.05, 4.69) is 88.3 Å². The van der Waals surface area contributed by atoms with Crippen molar-refractivity contribution in [2.24, 2.45) is 16.0 Å². The number of aromatic amines is 1. The van der Waals surface area contributed by atoms with Crippen LogP contribution in [0.2, 0.25) is 0 Å². The van der Waals surface area contributed by atoms with Crippen molar-refractivity contribution in [3.8, 4) is 0 Å². The molecule has 0 saturated carbocycles. The molecule has 3 heterocycles. The fourth-order valence-electron chi connectivity index (χ4n) is 12.1. The van der Waals surface area contributed by atoms with Crippen LogP contribution in [0, 0.1) is 0 Å². The van der Waals surface area contributed by atoms with E-state index in [4.69, 9.17) is 31.0 Å². The van der Waals surface area contributed by atoms with Crippen LogP contribution in [0.5, 0.6) is 0 Å². The number of H-pyrrole nitrogens is 1. The number of aliphatic carboxylic acids is 1. The zero-order chi connectivity index (χ0) is 81.9. The van der Waals surface area contributed by atoms with Crippen molar-refractivity contribution < 1.29 is 76.9 Å². The van der Waals surface area contributed by atoms with Crippen molar-refractivity contribution in [2.75, 3.05) is 71.5 Å². The maximum Gasteiger partial charge on any atom is 0.408 e. The van der Waals surface area contributed by atoms with E-state index in [1.807, 2.05) is 68.9 Å². The first-order valence-corrected chi connectivity index (χ1v) is 41.4. The van der Waals surface area contributed by atoms with E-state index in [1.165, 1.54) is 33.7 Å². The van der Waals surface area contributed by atoms with Gasteiger partial charge in [0.25, 0.3) is 5.91 Å². The van der Waals surface area contributed by atoms with Crippen molar-refractivity contribution >= 4 is 137 Å². The van der Waals surface area contributed by atoms with Crippen molar-refractivity contribution in [2.45, 2.75) is 190 Å². The number of nitrogens with two attached hydrogens (primary N) is 1. The second-order valence-electron chi connectivity index (χ2n) is 28.9. The predicted molar refractivity (Wildman–Crippen MR) is 428 cm³/mol. The smallest absolute Gasteiger partial charge is 0.408 e. The highest BCUT2D eigenvalue weighted by Crippen LogP contribution is 2.39. The van der Waals surface area contributed by atoms with Gasteiger partial charge < -0.3 is 82.4 Å². The molecule has 10 amide bonds. The molecule has 3 aromatic carbocycles. The van der Waals surface area contributed by atoms with Crippen LogP contribution in [0.3, 0.4) is 0 Å². The number of para-hydroxylation sites is 1. The molecular formula is C73H103N19O16S4. The number of esters is 1. The van der Waals surface area contributed by atoms with Gasteiger partial charge in [0, 0.05) is 91.4 Å². The first-order chi connectivity index (χ1) is 53.3. The van der Waals surface area contributed by atoms with E-state index >= 15 is 0 Å². The molecule has 6 rings (SSSR count). The Balaban J connectivity index is 1.09. The number of alkyl carbamates (subject to hydrolysis) is 2. The molecule has 0 spiro atoms. The summed E-state index contributed by atoms with van der Waals surface area (Å²) in [6, 6.07) is 11.4. The van der Waals surface area contributed by atoms with Crippen LogP contribution in [-0.2, 0) is 81.8 Å². The number of hydrogen-bond donors (Lipinski definition) is 11. The zero-order valence-corrected chi connectivity index (χ0v) is 67.5. The van der Waals surface area contributed by atoms with E-state index in [0.29, 0.717) is 73.4 Å². The number of carboxylic acid groups (broad SMARTS) is 1. The SMILES string of the molecule is C[C@H](CSSC(C)(C)C)NC(=O)[C@@H](Cc1c[nH]c2ccccc12)NC(=O)[C@@H](CCCCN(C)C)NC(=O)CNC(=O)[C@H](CSSC(C)(C)CN1CCC[C@H]1C(=O)OCC(=O)N[C@@H](CCCCNC(=O)OCc1ccc(N=[N+]=[N-])cc1)C(=O)N[C@@H](CC(=O)O)C(=O)N1CCC[C@H]1C(N)=O)NC(=O)OCc1ccc(N=[N+]=[N-])cc1. The molecule has 35 nitrogen and oxygen atoms in total. The van der Waals surface area contributed by atoms with Crippen LogP contribution in [0.4, 0.5) is 21.0 Å². The number of aromatic nitrogens is 1. The summed E-state index contributed by atoms with van der Waals surface area (Å²) < 4.78 is 15.6. The number of hydrogen-bond acceptors (Lipinski definition) is 23. The van der Waals surface area contributed by atoms with Crippen LogP contribution in [0.15, 0.2) is 89.2 Å². The number of likely N-dealkylation sites (tertiary alicyclic amines) is 2. The Morgan fingerprint density at radius 1 is 0.652 bits per heavy atom. The molecule has 1 aromatic heterocycles. The summed E-state index contributed by atoms with van der Waals surface area (Å²) in [6.45, 7) is 11.7. The number of nitrogens with zero attached hydrogens (tertiary/aromatic N) is 9. The molecule has 2 saturated heterocycles. The number of carboxylic acids is 1. The summed E-state index contributed by atoms with van der Waals surface area (Å²) in [5.74, 6) is -7.77. The van der Waals surface area contributed by atoms with E-state index in [-0.39, 0.29) is 87.9 Å². The lowest BCUT2D eigenvalue weighted by atomic mass is 10.0.